The Morgan fingerprint density at radius 3 is 2.56 bits per heavy atom. The Labute approximate surface area is 206 Å². The zero-order chi connectivity index (χ0) is 25.4. The van der Waals surface area contributed by atoms with Gasteiger partial charge in [0.15, 0.2) is 6.10 Å². The van der Waals surface area contributed by atoms with E-state index in [1.807, 2.05) is 57.4 Å². The maximum absolute atomic E-state index is 12.7. The third-order valence-electron chi connectivity index (χ3n) is 6.05. The minimum Gasteiger partial charge on any atom is -0.455 e. The Bertz CT molecular complexity index is 933. The van der Waals surface area contributed by atoms with Crippen LogP contribution in [0.3, 0.4) is 0 Å². The first-order valence-corrected chi connectivity index (χ1v) is 12.5. The van der Waals surface area contributed by atoms with Gasteiger partial charge in [-0.15, -0.1) is 11.3 Å². The molecule has 0 bridgehead atoms. The molecule has 0 amide bonds. The lowest BCUT2D eigenvalue weighted by Crippen LogP contribution is -2.35. The molecule has 188 valence electrons. The van der Waals surface area contributed by atoms with E-state index in [0.29, 0.717) is 6.42 Å². The number of methoxy groups -OCH3 is 1. The molecule has 0 aliphatic carbocycles. The number of allylic oxidation sites excluding steroid dienone is 3. The minimum atomic E-state index is -1.19. The summed E-state index contributed by atoms with van der Waals surface area (Å²) in [5.74, 6) is -1.70. The van der Waals surface area contributed by atoms with E-state index in [2.05, 4.69) is 4.98 Å². The number of ether oxygens (including phenoxy) is 2. The number of Topliss-reactive ketones (excluding diaryl/α,β-unsaturated/α-hetero) is 1. The Balaban J connectivity index is 2.41. The number of aromatic nitrogens is 1. The van der Waals surface area contributed by atoms with Crippen LogP contribution < -0.4 is 0 Å². The van der Waals surface area contributed by atoms with Gasteiger partial charge in [-0.2, -0.15) is 0 Å². The van der Waals surface area contributed by atoms with Crippen LogP contribution in [0.4, 0.5) is 0 Å². The maximum atomic E-state index is 12.7. The second-order valence-electron chi connectivity index (χ2n) is 9.12. The Morgan fingerprint density at radius 1 is 1.24 bits per heavy atom. The van der Waals surface area contributed by atoms with E-state index in [4.69, 9.17) is 9.47 Å². The van der Waals surface area contributed by atoms with E-state index in [0.717, 1.165) is 21.8 Å². The normalized spacial score (nSPS) is 33.2. The summed E-state index contributed by atoms with van der Waals surface area (Å²) >= 11 is 1.53. The van der Waals surface area contributed by atoms with Crippen molar-refractivity contribution in [3.8, 4) is 0 Å². The summed E-state index contributed by atoms with van der Waals surface area (Å²) in [7, 11) is 1.55. The number of esters is 1. The number of carbonyl (C=O) groups is 2. The van der Waals surface area contributed by atoms with E-state index in [1.54, 1.807) is 14.0 Å². The molecule has 1 aliphatic rings. The van der Waals surface area contributed by atoms with E-state index in [-0.39, 0.29) is 24.5 Å². The van der Waals surface area contributed by atoms with E-state index in [1.165, 1.54) is 11.3 Å². The van der Waals surface area contributed by atoms with Gasteiger partial charge in [-0.1, -0.05) is 31.6 Å². The van der Waals surface area contributed by atoms with Crippen molar-refractivity contribution in [2.24, 2.45) is 11.8 Å². The van der Waals surface area contributed by atoms with Crippen LogP contribution in [0.15, 0.2) is 34.8 Å². The van der Waals surface area contributed by atoms with Gasteiger partial charge in [-0.3, -0.25) is 9.59 Å². The second-order valence-corrected chi connectivity index (χ2v) is 10.2. The van der Waals surface area contributed by atoms with Crippen LogP contribution >= 0.6 is 11.3 Å². The minimum absolute atomic E-state index is 0.143. The predicted octanol–water partition coefficient (Wildman–Crippen LogP) is 4.03. The molecule has 34 heavy (non-hydrogen) atoms. The molecule has 7 nitrogen and oxygen atoms in total. The quantitative estimate of drug-likeness (QED) is 0.615. The third kappa shape index (κ3) is 8.27. The van der Waals surface area contributed by atoms with Gasteiger partial charge >= 0.3 is 5.97 Å². The molecule has 1 aromatic rings. The lowest BCUT2D eigenvalue weighted by atomic mass is 9.86. The average Bonchev–Trinajstić information content (AvgIpc) is 3.18. The van der Waals surface area contributed by atoms with Crippen LogP contribution in [0, 0.1) is 18.8 Å². The molecule has 6 atom stereocenters. The number of thiazole rings is 1. The fourth-order valence-corrected chi connectivity index (χ4v) is 4.51. The topological polar surface area (TPSA) is 106 Å². The Morgan fingerprint density at radius 2 is 1.94 bits per heavy atom. The average molecular weight is 492 g/mol. The second kappa shape index (κ2) is 13.1. The number of hydrogen-bond donors (Lipinski definition) is 2. The van der Waals surface area contributed by atoms with Gasteiger partial charge in [0, 0.05) is 24.8 Å². The van der Waals surface area contributed by atoms with E-state index < -0.39 is 36.3 Å². The summed E-state index contributed by atoms with van der Waals surface area (Å²) in [6, 6.07) is 0. The molecule has 0 spiro atoms. The number of rotatable bonds is 3. The predicted molar refractivity (Wildman–Crippen MR) is 133 cm³/mol. The Kier molecular flexibility index (Phi) is 10.8. The highest BCUT2D eigenvalue weighted by atomic mass is 32.1. The van der Waals surface area contributed by atoms with Crippen molar-refractivity contribution in [3.05, 3.63) is 45.5 Å². The SMILES string of the molecule is CO[C@H]1/C=C(C)\C=C\C[C@H](C)[C@H](O)[C@@H](C)C(=O)C[C@@H](O)CC(=O)O[C@@H]1/C(C)=C/c1csc(C)n1. The first-order valence-electron chi connectivity index (χ1n) is 11.6. The van der Waals surface area contributed by atoms with Crippen LogP contribution in [0.5, 0.6) is 0 Å². The summed E-state index contributed by atoms with van der Waals surface area (Å²) in [6.07, 6.45) is 4.31. The zero-order valence-electron chi connectivity index (χ0n) is 20.9. The van der Waals surface area contributed by atoms with Gasteiger partial charge in [0.1, 0.15) is 11.9 Å². The van der Waals surface area contributed by atoms with E-state index >= 15 is 0 Å². The summed E-state index contributed by atoms with van der Waals surface area (Å²) < 4.78 is 11.5. The van der Waals surface area contributed by atoms with Crippen molar-refractivity contribution < 1.29 is 29.3 Å². The third-order valence-corrected chi connectivity index (χ3v) is 6.84. The van der Waals surface area contributed by atoms with Gasteiger partial charge in [0.2, 0.25) is 0 Å². The van der Waals surface area contributed by atoms with Gasteiger partial charge < -0.3 is 19.7 Å². The number of cyclic esters (lactones) is 1. The molecular formula is C26H37NO6S. The van der Waals surface area contributed by atoms with Crippen molar-refractivity contribution in [2.75, 3.05) is 7.11 Å². The van der Waals surface area contributed by atoms with Crippen molar-refractivity contribution in [3.63, 3.8) is 0 Å². The molecule has 2 N–H and O–H groups in total. The lowest BCUT2D eigenvalue weighted by Gasteiger charge is -2.26. The van der Waals surface area contributed by atoms with E-state index in [9.17, 15) is 19.8 Å². The number of nitrogens with zero attached hydrogens (tertiary/aromatic N) is 1. The lowest BCUT2D eigenvalue weighted by molar-refractivity contribution is -0.154. The molecule has 1 aliphatic heterocycles. The van der Waals surface area contributed by atoms with Gasteiger partial charge in [-0.25, -0.2) is 4.98 Å². The number of aliphatic hydroxyl groups excluding tert-OH is 2. The van der Waals surface area contributed by atoms with Crippen LogP contribution in [-0.2, 0) is 19.1 Å². The first kappa shape index (κ1) is 28.1. The fraction of sp³-hybridized carbons (Fsp3) is 0.577. The molecule has 2 rings (SSSR count). The van der Waals surface area contributed by atoms with Crippen LogP contribution in [0.2, 0.25) is 0 Å². The van der Waals surface area contributed by atoms with Crippen molar-refractivity contribution in [1.29, 1.82) is 0 Å². The molecule has 1 aromatic heterocycles. The molecule has 0 aromatic carbocycles. The van der Waals surface area contributed by atoms with Crippen LogP contribution in [0.25, 0.3) is 6.08 Å². The number of ketones is 1. The van der Waals surface area contributed by atoms with Crippen LogP contribution in [-0.4, -0.2) is 58.5 Å². The summed E-state index contributed by atoms with van der Waals surface area (Å²) in [4.78, 5) is 29.8. The van der Waals surface area contributed by atoms with Gasteiger partial charge in [-0.05, 0) is 50.8 Å². The molecule has 0 fully saturated rings. The number of carbonyl (C=O) groups excluding carboxylic acids is 2. The van der Waals surface area contributed by atoms with Crippen molar-refractivity contribution in [2.45, 2.75) is 78.3 Å². The highest BCUT2D eigenvalue weighted by Gasteiger charge is 2.30. The van der Waals surface area contributed by atoms with Gasteiger partial charge in [0.25, 0.3) is 0 Å². The first-order chi connectivity index (χ1) is 16.0. The maximum Gasteiger partial charge on any atom is 0.309 e. The molecule has 8 heteroatoms. The molecule has 0 unspecified atom stereocenters. The van der Waals surface area contributed by atoms with Crippen molar-refractivity contribution in [1.82, 2.24) is 4.98 Å². The highest BCUT2D eigenvalue weighted by molar-refractivity contribution is 7.09. The summed E-state index contributed by atoms with van der Waals surface area (Å²) in [5, 5.41) is 23.8. The van der Waals surface area contributed by atoms with Gasteiger partial charge in [0.05, 0.1) is 29.3 Å². The standard InChI is InChI=1S/C26H37NO6S/c1-15-8-7-9-16(2)25(31)18(4)22(29)12-21(28)13-24(30)33-26(23(10-15)32-6)17(3)11-20-14-34-19(5)27-20/h7-8,10-11,14,16,18,21,23,25-26,28,31H,9,12-13H2,1-6H3/b8-7+,15-10-,17-11+/t16-,18-,21+,23-,25-,26+/m0/s1. The molecule has 0 saturated heterocycles. The summed E-state index contributed by atoms with van der Waals surface area (Å²) in [6.45, 7) is 9.23. The monoisotopic (exact) mass is 491 g/mol. The summed E-state index contributed by atoms with van der Waals surface area (Å²) in [5.41, 5.74) is 2.42. The molecule has 0 radical (unpaired) electrons. The zero-order valence-corrected chi connectivity index (χ0v) is 21.7. The molecule has 2 heterocycles. The largest absolute Gasteiger partial charge is 0.455 e. The highest BCUT2D eigenvalue weighted by Crippen LogP contribution is 2.24. The Hall–Kier alpha value is -2.13. The fourth-order valence-electron chi connectivity index (χ4n) is 3.94. The number of aliphatic hydroxyl groups is 2. The molecular weight excluding hydrogens is 454 g/mol. The number of aryl methyl sites for hydroxylation is 1. The van der Waals surface area contributed by atoms with Crippen molar-refractivity contribution >= 4 is 29.2 Å². The van der Waals surface area contributed by atoms with Crippen LogP contribution in [0.1, 0.15) is 57.7 Å². The number of hydrogen-bond acceptors (Lipinski definition) is 8. The smallest absolute Gasteiger partial charge is 0.309 e. The molecule has 0 saturated carbocycles.